The molecule has 0 fully saturated rings. The van der Waals surface area contributed by atoms with Crippen molar-refractivity contribution in [3.05, 3.63) is 57.0 Å². The van der Waals surface area contributed by atoms with Crippen molar-refractivity contribution in [1.82, 2.24) is 4.57 Å². The van der Waals surface area contributed by atoms with Crippen LogP contribution in [0.15, 0.2) is 29.1 Å². The lowest BCUT2D eigenvalue weighted by atomic mass is 9.76. The third-order valence-electron chi connectivity index (χ3n) is 6.66. The number of anilines is 2. The van der Waals surface area contributed by atoms with E-state index in [-0.39, 0.29) is 24.2 Å². The Balaban J connectivity index is 1.65. The molecule has 0 spiro atoms. The summed E-state index contributed by atoms with van der Waals surface area (Å²) in [5.41, 5.74) is 10.6. The summed E-state index contributed by atoms with van der Waals surface area (Å²) in [4.78, 5) is 25.7. The van der Waals surface area contributed by atoms with Crippen LogP contribution in [0.1, 0.15) is 48.7 Å². The zero-order valence-electron chi connectivity index (χ0n) is 15.5. The van der Waals surface area contributed by atoms with Crippen LogP contribution in [0, 0.1) is 5.92 Å². The Hall–Kier alpha value is -2.76. The summed E-state index contributed by atoms with van der Waals surface area (Å²) in [6.07, 6.45) is 1.48. The molecule has 0 saturated carbocycles. The third-order valence-corrected chi connectivity index (χ3v) is 6.66. The van der Waals surface area contributed by atoms with Gasteiger partial charge in [0.25, 0.3) is 5.56 Å². The maximum atomic E-state index is 13.2. The summed E-state index contributed by atoms with van der Waals surface area (Å²) in [5.74, 6) is 0.0502. The molecule has 27 heavy (non-hydrogen) atoms. The van der Waals surface area contributed by atoms with Gasteiger partial charge in [-0.15, -0.1) is 0 Å². The highest BCUT2D eigenvalue weighted by molar-refractivity contribution is 5.84. The van der Waals surface area contributed by atoms with Gasteiger partial charge in [0.15, 0.2) is 0 Å². The van der Waals surface area contributed by atoms with Crippen molar-refractivity contribution in [3.63, 3.8) is 0 Å². The van der Waals surface area contributed by atoms with Crippen LogP contribution < -0.4 is 16.6 Å². The number of carbonyl (C=O) groups is 1. The molecule has 0 amide bonds. The van der Waals surface area contributed by atoms with Gasteiger partial charge in [-0.3, -0.25) is 9.59 Å². The number of hydrogen-bond acceptors (Lipinski definition) is 5. The lowest BCUT2D eigenvalue weighted by molar-refractivity contribution is -0.153. The number of ether oxygens (including phenoxy) is 1. The van der Waals surface area contributed by atoms with Crippen LogP contribution in [-0.4, -0.2) is 10.5 Å². The molecule has 3 aliphatic heterocycles. The number of pyridine rings is 1. The summed E-state index contributed by atoms with van der Waals surface area (Å²) >= 11 is 0. The van der Waals surface area contributed by atoms with Gasteiger partial charge in [-0.05, 0) is 55.2 Å². The van der Waals surface area contributed by atoms with Gasteiger partial charge in [0.2, 0.25) is 0 Å². The van der Waals surface area contributed by atoms with Crippen molar-refractivity contribution in [1.29, 1.82) is 0 Å². The Bertz CT molecular complexity index is 1040. The van der Waals surface area contributed by atoms with Crippen molar-refractivity contribution >= 4 is 17.3 Å². The molecule has 0 saturated heterocycles. The van der Waals surface area contributed by atoms with Crippen molar-refractivity contribution in [2.24, 2.45) is 5.92 Å². The predicted molar refractivity (Wildman–Crippen MR) is 103 cm³/mol. The first-order valence-electron chi connectivity index (χ1n) is 9.51. The number of aromatic nitrogens is 1. The summed E-state index contributed by atoms with van der Waals surface area (Å²) < 4.78 is 7.22. The quantitative estimate of drug-likeness (QED) is 0.599. The van der Waals surface area contributed by atoms with Gasteiger partial charge in [0.1, 0.15) is 6.61 Å². The number of benzene rings is 1. The summed E-state index contributed by atoms with van der Waals surface area (Å²) in [5, 5.41) is 3.60. The van der Waals surface area contributed by atoms with Gasteiger partial charge >= 0.3 is 5.97 Å². The molecule has 0 aliphatic carbocycles. The van der Waals surface area contributed by atoms with Crippen LogP contribution in [0.25, 0.3) is 0 Å². The fourth-order valence-electron chi connectivity index (χ4n) is 4.86. The van der Waals surface area contributed by atoms with Crippen molar-refractivity contribution in [2.75, 3.05) is 11.1 Å². The van der Waals surface area contributed by atoms with Gasteiger partial charge in [0.05, 0.1) is 17.0 Å². The molecule has 3 unspecified atom stereocenters. The van der Waals surface area contributed by atoms with Crippen LogP contribution in [0.2, 0.25) is 0 Å². The fraction of sp³-hybridized carbons (Fsp3) is 0.429. The van der Waals surface area contributed by atoms with E-state index in [4.69, 9.17) is 10.5 Å². The highest BCUT2D eigenvalue weighted by atomic mass is 16.5. The molecule has 6 nitrogen and oxygen atoms in total. The molecule has 5 rings (SSSR count). The SMILES string of the molecule is CCC1(C)C(=O)OCc2c1cc1n(c2=O)CC2Cc3cc(N)ccc3NC12. The van der Waals surface area contributed by atoms with Crippen LogP contribution in [0.5, 0.6) is 0 Å². The molecule has 2 aromatic rings. The second-order valence-electron chi connectivity index (χ2n) is 8.14. The lowest BCUT2D eigenvalue weighted by Crippen LogP contribution is -2.42. The Morgan fingerprint density at radius 3 is 2.93 bits per heavy atom. The minimum atomic E-state index is -0.762. The normalized spacial score (nSPS) is 27.7. The lowest BCUT2D eigenvalue weighted by Gasteiger charge is -2.34. The van der Waals surface area contributed by atoms with E-state index >= 15 is 0 Å². The largest absolute Gasteiger partial charge is 0.460 e. The van der Waals surface area contributed by atoms with Crippen molar-refractivity contribution in [3.8, 4) is 0 Å². The molecule has 3 atom stereocenters. The minimum absolute atomic E-state index is 0.0190. The Morgan fingerprint density at radius 1 is 1.33 bits per heavy atom. The third kappa shape index (κ3) is 2.13. The zero-order chi connectivity index (χ0) is 18.9. The molecule has 3 N–H and O–H groups in total. The van der Waals surface area contributed by atoms with Gasteiger partial charge in [-0.25, -0.2) is 0 Å². The number of nitrogen functional groups attached to an aromatic ring is 1. The minimum Gasteiger partial charge on any atom is -0.460 e. The molecule has 3 aliphatic rings. The van der Waals surface area contributed by atoms with E-state index in [0.717, 1.165) is 29.1 Å². The van der Waals surface area contributed by atoms with E-state index < -0.39 is 5.41 Å². The topological polar surface area (TPSA) is 86.3 Å². The number of nitrogens with zero attached hydrogens (tertiary/aromatic N) is 1. The maximum absolute atomic E-state index is 13.2. The summed E-state index contributed by atoms with van der Waals surface area (Å²) in [6, 6.07) is 8.05. The number of nitrogens with one attached hydrogen (secondary N) is 1. The van der Waals surface area contributed by atoms with Crippen molar-refractivity contribution < 1.29 is 9.53 Å². The van der Waals surface area contributed by atoms with E-state index in [0.29, 0.717) is 24.4 Å². The van der Waals surface area contributed by atoms with Crippen LogP contribution >= 0.6 is 0 Å². The molecule has 0 bridgehead atoms. The number of nitrogens with two attached hydrogens (primary N) is 1. The average molecular weight is 365 g/mol. The number of hydrogen-bond donors (Lipinski definition) is 2. The first kappa shape index (κ1) is 16.4. The molecule has 6 heteroatoms. The Labute approximate surface area is 157 Å². The van der Waals surface area contributed by atoms with E-state index in [1.54, 1.807) is 0 Å². The van der Waals surface area contributed by atoms with Crippen LogP contribution in [-0.2, 0) is 34.5 Å². The first-order valence-corrected chi connectivity index (χ1v) is 9.51. The molecular formula is C21H23N3O3. The second-order valence-corrected chi connectivity index (χ2v) is 8.14. The number of cyclic esters (lactones) is 1. The predicted octanol–water partition coefficient (Wildman–Crippen LogP) is 2.49. The molecule has 140 valence electrons. The first-order chi connectivity index (χ1) is 12.9. The smallest absolute Gasteiger partial charge is 0.316 e. The molecule has 1 aromatic heterocycles. The van der Waals surface area contributed by atoms with E-state index in [1.807, 2.05) is 36.6 Å². The highest BCUT2D eigenvalue weighted by Crippen LogP contribution is 2.44. The highest BCUT2D eigenvalue weighted by Gasteiger charge is 2.45. The number of carbonyl (C=O) groups excluding carboxylic acids is 1. The fourth-order valence-corrected chi connectivity index (χ4v) is 4.86. The van der Waals surface area contributed by atoms with Gasteiger partial charge in [-0.2, -0.15) is 0 Å². The van der Waals surface area contributed by atoms with E-state index in [2.05, 4.69) is 11.4 Å². The summed E-state index contributed by atoms with van der Waals surface area (Å²) in [7, 11) is 0. The summed E-state index contributed by atoms with van der Waals surface area (Å²) in [6.45, 7) is 4.58. The van der Waals surface area contributed by atoms with Crippen LogP contribution in [0.3, 0.4) is 0 Å². The van der Waals surface area contributed by atoms with E-state index in [1.165, 1.54) is 5.56 Å². The second kappa shape index (κ2) is 5.38. The number of rotatable bonds is 1. The zero-order valence-corrected chi connectivity index (χ0v) is 15.5. The van der Waals surface area contributed by atoms with Gasteiger partial charge in [-0.1, -0.05) is 6.92 Å². The van der Waals surface area contributed by atoms with E-state index in [9.17, 15) is 9.59 Å². The Morgan fingerprint density at radius 2 is 2.15 bits per heavy atom. The number of esters is 1. The Kier molecular flexibility index (Phi) is 3.27. The van der Waals surface area contributed by atoms with Crippen LogP contribution in [0.4, 0.5) is 11.4 Å². The van der Waals surface area contributed by atoms with Crippen molar-refractivity contribution in [2.45, 2.75) is 51.3 Å². The molecule has 1 aromatic carbocycles. The average Bonchev–Trinajstić information content (AvgIpc) is 3.01. The van der Waals surface area contributed by atoms with Gasteiger partial charge < -0.3 is 20.4 Å². The molecule has 0 radical (unpaired) electrons. The standard InChI is InChI=1S/C21H23N3O3/c1-3-21(2)15-8-17-18-12(6-11-7-13(22)4-5-16(11)23-18)9-24(17)19(25)14(15)10-27-20(21)26/h4-5,7-8,12,18,23H,3,6,9-10,22H2,1-2H3. The molecule has 4 heterocycles. The van der Waals surface area contributed by atoms with Gasteiger partial charge in [0, 0.05) is 29.5 Å². The monoisotopic (exact) mass is 365 g/mol. The molecular weight excluding hydrogens is 342 g/mol. The maximum Gasteiger partial charge on any atom is 0.316 e. The number of fused-ring (bicyclic) bond motifs is 5.